The second-order valence-electron chi connectivity index (χ2n) is 16.3. The molecule has 4 heterocycles. The van der Waals surface area contributed by atoms with E-state index in [4.69, 9.17) is 0 Å². The van der Waals surface area contributed by atoms with Crippen LogP contribution in [0.3, 0.4) is 0 Å². The Morgan fingerprint density at radius 3 is 1.40 bits per heavy atom. The van der Waals surface area contributed by atoms with Crippen molar-refractivity contribution in [1.82, 2.24) is 30.6 Å². The van der Waals surface area contributed by atoms with Crippen LogP contribution in [0, 0.1) is 23.5 Å². The van der Waals surface area contributed by atoms with Crippen LogP contribution < -0.4 is 10.6 Å². The Hall–Kier alpha value is -6.04. The number of aromatic amines is 2. The number of ketones is 2. The number of amides is 2. The number of hydrogen-bond acceptors (Lipinski definition) is 6. The summed E-state index contributed by atoms with van der Waals surface area (Å²) >= 11 is 0. The van der Waals surface area contributed by atoms with Crippen LogP contribution >= 0.6 is 0 Å². The number of fused-ring (bicyclic) bond motifs is 2. The SMILES string of the molecule is C[C@H](NC(=O)[C@@H]1CC[C@@H](c2ccccc2)C1)C(=O)CCc1[nH]c2ccncc2c1F.C[C@H](NC(=O)[C@@H]1CC[C@@H](c2ccccc2)C1)C(=O)CCc1[nH]c2ccncc2c1F. The molecule has 2 aliphatic carbocycles. The summed E-state index contributed by atoms with van der Waals surface area (Å²) in [4.78, 5) is 64.2. The highest BCUT2D eigenvalue weighted by Crippen LogP contribution is 2.39. The average molecular weight is 815 g/mol. The first-order chi connectivity index (χ1) is 29.0. The topological polar surface area (TPSA) is 150 Å². The molecule has 10 nitrogen and oxygen atoms in total. The normalized spacial score (nSPS) is 19.7. The van der Waals surface area contributed by atoms with Crippen LogP contribution in [0.15, 0.2) is 97.6 Å². The van der Waals surface area contributed by atoms with E-state index in [9.17, 15) is 28.0 Å². The minimum atomic E-state index is -0.581. The van der Waals surface area contributed by atoms with E-state index >= 15 is 0 Å². The maximum atomic E-state index is 14.4. The zero-order chi connectivity index (χ0) is 42.2. The number of carbonyl (C=O) groups is 4. The molecule has 60 heavy (non-hydrogen) atoms. The predicted octanol–water partition coefficient (Wildman–Crippen LogP) is 8.58. The summed E-state index contributed by atoms with van der Waals surface area (Å²) in [5, 5.41) is 6.59. The number of benzene rings is 2. The van der Waals surface area contributed by atoms with E-state index in [-0.39, 0.29) is 72.5 Å². The standard InChI is InChI=1S/2C24H26FN3O2/c2*1-15(22(29)10-9-21-23(25)19-14-26-12-11-20(19)28-21)27-24(30)18-8-7-17(13-18)16-5-3-2-4-6-16/h2*2-6,11-12,14-15,17-18,28H,7-10,13H2,1H3,(H,27,30)/t2*15-,17+,18+/m00/s1. The van der Waals surface area contributed by atoms with Crippen LogP contribution in [0.5, 0.6) is 0 Å². The maximum absolute atomic E-state index is 14.4. The van der Waals surface area contributed by atoms with Gasteiger partial charge in [0.25, 0.3) is 0 Å². The fourth-order valence-electron chi connectivity index (χ4n) is 8.71. The maximum Gasteiger partial charge on any atom is 0.223 e. The summed E-state index contributed by atoms with van der Waals surface area (Å²) in [6, 6.07) is 22.8. The molecule has 2 fully saturated rings. The molecule has 6 aromatic rings. The number of halogens is 2. The molecular formula is C48H52F2N6O4. The van der Waals surface area contributed by atoms with Gasteiger partial charge in [-0.15, -0.1) is 0 Å². The fraction of sp³-hybridized carbons (Fsp3) is 0.375. The summed E-state index contributed by atoms with van der Waals surface area (Å²) in [6.07, 6.45) is 12.2. The monoisotopic (exact) mass is 814 g/mol. The fourth-order valence-corrected chi connectivity index (χ4v) is 8.71. The van der Waals surface area contributed by atoms with E-state index in [2.05, 4.69) is 54.8 Å². The van der Waals surface area contributed by atoms with Gasteiger partial charge in [0.2, 0.25) is 11.8 Å². The van der Waals surface area contributed by atoms with Crippen LogP contribution in [-0.4, -0.2) is 55.4 Å². The van der Waals surface area contributed by atoms with Gasteiger partial charge in [0.05, 0.1) is 45.3 Å². The third kappa shape index (κ3) is 10.0. The van der Waals surface area contributed by atoms with E-state index in [0.29, 0.717) is 45.0 Å². The largest absolute Gasteiger partial charge is 0.356 e. The molecule has 4 N–H and O–H groups in total. The van der Waals surface area contributed by atoms with Crippen LogP contribution in [0.1, 0.15) is 99.6 Å². The lowest BCUT2D eigenvalue weighted by molar-refractivity contribution is -0.129. The summed E-state index contributed by atoms with van der Waals surface area (Å²) in [7, 11) is 0. The van der Waals surface area contributed by atoms with Crippen LogP contribution in [-0.2, 0) is 32.0 Å². The second kappa shape index (κ2) is 19.4. The average Bonchev–Trinajstić information content (AvgIpc) is 4.09. The van der Waals surface area contributed by atoms with Crippen LogP contribution in [0.2, 0.25) is 0 Å². The highest BCUT2D eigenvalue weighted by Gasteiger charge is 2.33. The number of aromatic nitrogens is 4. The number of Topliss-reactive ketones (excluding diaryl/α,β-unsaturated/α-hetero) is 2. The Balaban J connectivity index is 0.000000181. The molecule has 0 aliphatic heterocycles. The molecule has 4 aromatic heterocycles. The van der Waals surface area contributed by atoms with Crippen molar-refractivity contribution in [2.45, 2.75) is 102 Å². The molecule has 0 unspecified atom stereocenters. The Bertz CT molecular complexity index is 2260. The predicted molar refractivity (Wildman–Crippen MR) is 227 cm³/mol. The molecule has 0 saturated heterocycles. The van der Waals surface area contributed by atoms with Gasteiger partial charge in [-0.2, -0.15) is 0 Å². The Kier molecular flexibility index (Phi) is 13.6. The van der Waals surface area contributed by atoms with Gasteiger partial charge in [-0.3, -0.25) is 29.1 Å². The third-order valence-corrected chi connectivity index (χ3v) is 12.3. The molecule has 312 valence electrons. The van der Waals surface area contributed by atoms with E-state index in [0.717, 1.165) is 38.5 Å². The first kappa shape index (κ1) is 42.1. The van der Waals surface area contributed by atoms with Gasteiger partial charge in [0.1, 0.15) is 0 Å². The first-order valence-electron chi connectivity index (χ1n) is 21.0. The van der Waals surface area contributed by atoms with Gasteiger partial charge in [-0.1, -0.05) is 60.7 Å². The Morgan fingerprint density at radius 1 is 0.617 bits per heavy atom. The number of rotatable bonds is 14. The van der Waals surface area contributed by atoms with Gasteiger partial charge >= 0.3 is 0 Å². The lowest BCUT2D eigenvalue weighted by Gasteiger charge is -2.16. The van der Waals surface area contributed by atoms with Crippen molar-refractivity contribution in [3.8, 4) is 0 Å². The zero-order valence-electron chi connectivity index (χ0n) is 34.1. The molecule has 0 spiro atoms. The molecule has 2 aromatic carbocycles. The number of hydrogen-bond donors (Lipinski definition) is 4. The molecule has 6 atom stereocenters. The van der Waals surface area contributed by atoms with Gasteiger partial charge in [-0.05, 0) is 100 Å². The van der Waals surface area contributed by atoms with Crippen molar-refractivity contribution in [3.05, 3.63) is 132 Å². The molecule has 2 saturated carbocycles. The minimum Gasteiger partial charge on any atom is -0.356 e. The van der Waals surface area contributed by atoms with E-state index in [1.165, 1.54) is 23.5 Å². The van der Waals surface area contributed by atoms with Crippen molar-refractivity contribution in [2.24, 2.45) is 11.8 Å². The Labute approximate surface area is 348 Å². The molecule has 2 amide bonds. The summed E-state index contributed by atoms with van der Waals surface area (Å²) < 4.78 is 28.8. The van der Waals surface area contributed by atoms with Crippen molar-refractivity contribution < 1.29 is 28.0 Å². The second-order valence-corrected chi connectivity index (χ2v) is 16.3. The lowest BCUT2D eigenvalue weighted by atomic mass is 9.96. The number of pyridine rings is 2. The molecule has 12 heteroatoms. The van der Waals surface area contributed by atoms with Crippen LogP contribution in [0.4, 0.5) is 8.78 Å². The first-order valence-corrected chi connectivity index (χ1v) is 21.0. The number of aryl methyl sites for hydroxylation is 2. The van der Waals surface area contributed by atoms with Gasteiger partial charge in [0.15, 0.2) is 23.2 Å². The molecular weight excluding hydrogens is 763 g/mol. The summed E-state index contributed by atoms with van der Waals surface area (Å²) in [5.74, 6) is -0.377. The van der Waals surface area contributed by atoms with Crippen molar-refractivity contribution in [2.75, 3.05) is 0 Å². The smallest absolute Gasteiger partial charge is 0.223 e. The molecule has 8 rings (SSSR count). The molecule has 2 aliphatic rings. The Morgan fingerprint density at radius 2 is 1.02 bits per heavy atom. The zero-order valence-corrected chi connectivity index (χ0v) is 34.1. The number of H-pyrrole nitrogens is 2. The molecule has 0 bridgehead atoms. The third-order valence-electron chi connectivity index (χ3n) is 12.3. The minimum absolute atomic E-state index is 0.0582. The van der Waals surface area contributed by atoms with E-state index < -0.39 is 12.1 Å². The van der Waals surface area contributed by atoms with Crippen molar-refractivity contribution in [1.29, 1.82) is 0 Å². The highest BCUT2D eigenvalue weighted by atomic mass is 19.1. The molecule has 0 radical (unpaired) electrons. The number of nitrogens with one attached hydrogen (secondary N) is 4. The summed E-state index contributed by atoms with van der Waals surface area (Å²) in [5.41, 5.74) is 4.67. The van der Waals surface area contributed by atoms with Gasteiger partial charge in [-0.25, -0.2) is 8.78 Å². The van der Waals surface area contributed by atoms with E-state index in [1.807, 2.05) is 36.4 Å². The quantitative estimate of drug-likeness (QED) is 0.0866. The van der Waals surface area contributed by atoms with Crippen molar-refractivity contribution in [3.63, 3.8) is 0 Å². The highest BCUT2D eigenvalue weighted by molar-refractivity contribution is 5.91. The van der Waals surface area contributed by atoms with Crippen LogP contribution in [0.25, 0.3) is 21.8 Å². The van der Waals surface area contributed by atoms with Crippen molar-refractivity contribution >= 4 is 45.2 Å². The van der Waals surface area contributed by atoms with Gasteiger partial charge < -0.3 is 20.6 Å². The van der Waals surface area contributed by atoms with Gasteiger partial charge in [0, 0.05) is 49.5 Å². The lowest BCUT2D eigenvalue weighted by Crippen LogP contribution is -2.41. The summed E-state index contributed by atoms with van der Waals surface area (Å²) in [6.45, 7) is 3.41. The number of carbonyl (C=O) groups excluding carboxylic acids is 4. The number of nitrogens with zero attached hydrogens (tertiary/aromatic N) is 2. The van der Waals surface area contributed by atoms with E-state index in [1.54, 1.807) is 38.4 Å².